The second-order valence-corrected chi connectivity index (χ2v) is 0. The molecule has 41 valence electrons. The predicted molar refractivity (Wildman–Crippen MR) is 18.5 cm³/mol. The summed E-state index contributed by atoms with van der Waals surface area (Å²) in [6.45, 7) is 0. The first-order valence-corrected chi connectivity index (χ1v) is 0. The van der Waals surface area contributed by atoms with Gasteiger partial charge in [-0.05, 0) is 0 Å². The van der Waals surface area contributed by atoms with Gasteiger partial charge in [0.2, 0.25) is 0 Å². The van der Waals surface area contributed by atoms with Crippen LogP contribution >= 0.6 is 0 Å². The van der Waals surface area contributed by atoms with Crippen LogP contribution in [0.4, 0.5) is 0 Å². The normalized spacial score (nSPS) is 0. The van der Waals surface area contributed by atoms with E-state index in [1.165, 1.54) is 0 Å². The Hall–Kier alpha value is 3.58. The van der Waals surface area contributed by atoms with Crippen molar-refractivity contribution in [3.05, 3.63) is 0 Å². The molecule has 0 N–H and O–H groups in total. The van der Waals surface area contributed by atoms with Gasteiger partial charge in [0.25, 0.3) is 0 Å². The van der Waals surface area contributed by atoms with Gasteiger partial charge in [-0.25, -0.2) is 0 Å². The summed E-state index contributed by atoms with van der Waals surface area (Å²) in [7, 11) is 0. The average molecular weight is 734 g/mol. The van der Waals surface area contributed by atoms with E-state index in [0.717, 1.165) is 0 Å². The third-order valence-electron chi connectivity index (χ3n) is 0. The molecule has 0 aromatic rings. The molecule has 0 saturated carbocycles. The Kier molecular flexibility index (Phi) is 197. The van der Waals surface area contributed by atoms with Crippen LogP contribution in [0.3, 0.4) is 0 Å². The quantitative estimate of drug-likeness (QED) is 0.251. The zero-order chi connectivity index (χ0) is 0. The van der Waals surface area contributed by atoms with E-state index < -0.39 is 0 Å². The van der Waals surface area contributed by atoms with Crippen LogP contribution in [0.15, 0.2) is 0 Å². The van der Waals surface area contributed by atoms with E-state index in [2.05, 4.69) is 0 Å². The van der Waals surface area contributed by atoms with Crippen LogP contribution in [-0.4, -0.2) is 48.3 Å². The Bertz CT molecular complexity index is 11.6. The third-order valence-corrected chi connectivity index (χ3v) is 0. The SMILES string of the molecule is [Ir].[Pt].[Ru].[SbH3].[SnH2]. The molecule has 0 fully saturated rings. The molecule has 0 aromatic carbocycles. The second-order valence-electron chi connectivity index (χ2n) is 0. The Morgan fingerprint density at radius 2 is 1.00 bits per heavy atom. The molecule has 0 aliphatic heterocycles. The molecule has 0 bridgehead atoms. The van der Waals surface area contributed by atoms with Crippen LogP contribution in [0.25, 0.3) is 0 Å². The maximum atomic E-state index is 0. The van der Waals surface area contributed by atoms with Gasteiger partial charge in [-0.15, -0.1) is 0 Å². The van der Waals surface area contributed by atoms with E-state index in [1.807, 2.05) is 0 Å². The van der Waals surface area contributed by atoms with Crippen LogP contribution in [0.1, 0.15) is 0 Å². The number of rotatable bonds is 0. The van der Waals surface area contributed by atoms with Crippen LogP contribution in [0.2, 0.25) is 0 Å². The van der Waals surface area contributed by atoms with Crippen LogP contribution in [0, 0.1) is 0 Å². The molecule has 0 aliphatic carbocycles. The fourth-order valence-electron chi connectivity index (χ4n) is 0. The summed E-state index contributed by atoms with van der Waals surface area (Å²) in [6, 6.07) is 0. The Balaban J connectivity index is 0. The number of hydrogen-bond donors (Lipinski definition) is 0. The summed E-state index contributed by atoms with van der Waals surface area (Å²) in [4.78, 5) is 0. The van der Waals surface area contributed by atoms with E-state index in [9.17, 15) is 0 Å². The van der Waals surface area contributed by atoms with Gasteiger partial charge in [-0.3, -0.25) is 0 Å². The molecule has 0 rings (SSSR count). The minimum atomic E-state index is 0. The molecular weight excluding hydrogens is 729 g/mol. The molecular formula is H5IrPtRuSbSn. The van der Waals surface area contributed by atoms with Crippen molar-refractivity contribution in [1.82, 2.24) is 0 Å². The molecule has 0 spiro atoms. The topological polar surface area (TPSA) is 0 Å². The van der Waals surface area contributed by atoms with E-state index in [0.29, 0.717) is 0 Å². The van der Waals surface area contributed by atoms with Gasteiger partial charge in [-0.2, -0.15) is 0 Å². The van der Waals surface area contributed by atoms with Crippen molar-refractivity contribution < 1.29 is 60.6 Å². The summed E-state index contributed by atoms with van der Waals surface area (Å²) in [5, 5.41) is 0. The van der Waals surface area contributed by atoms with Crippen molar-refractivity contribution in [2.24, 2.45) is 0 Å². The Labute approximate surface area is 107 Å². The first-order valence-electron chi connectivity index (χ1n) is 0. The Morgan fingerprint density at radius 1 is 1.00 bits per heavy atom. The van der Waals surface area contributed by atoms with Gasteiger partial charge >= 0.3 is 48.3 Å². The number of hydrogen-bond acceptors (Lipinski definition) is 0. The second kappa shape index (κ2) is 25.6. The monoisotopic (exact) mass is 736 g/mol. The molecule has 3 radical (unpaired) electrons. The predicted octanol–water partition coefficient (Wildman–Crippen LogP) is -2.11. The van der Waals surface area contributed by atoms with Crippen molar-refractivity contribution in [1.29, 1.82) is 0 Å². The molecule has 5 heteroatoms. The van der Waals surface area contributed by atoms with Gasteiger partial charge < -0.3 is 0 Å². The third kappa shape index (κ3) is 18.4. The summed E-state index contributed by atoms with van der Waals surface area (Å²) >= 11 is 0. The fraction of sp³-hybridized carbons (Fsp3) is 0. The van der Waals surface area contributed by atoms with E-state index in [1.54, 1.807) is 0 Å². The first-order chi connectivity index (χ1) is 0. The van der Waals surface area contributed by atoms with E-state index in [-0.39, 0.29) is 109 Å². The molecule has 0 saturated heterocycles. The van der Waals surface area contributed by atoms with Crippen LogP contribution in [0.5, 0.6) is 0 Å². The summed E-state index contributed by atoms with van der Waals surface area (Å²) < 4.78 is 0. The summed E-state index contributed by atoms with van der Waals surface area (Å²) in [5.74, 6) is 0. The van der Waals surface area contributed by atoms with E-state index in [4.69, 9.17) is 0 Å². The zero-order valence-electron chi connectivity index (χ0n) is 2.42. The first kappa shape index (κ1) is 38.5. The molecule has 0 aliphatic rings. The van der Waals surface area contributed by atoms with Gasteiger partial charge in [0, 0.05) is 60.6 Å². The van der Waals surface area contributed by atoms with Crippen molar-refractivity contribution >= 4 is 48.3 Å². The van der Waals surface area contributed by atoms with Gasteiger partial charge in [0.1, 0.15) is 0 Å². The molecule has 5 heavy (non-hydrogen) atoms. The van der Waals surface area contributed by atoms with Crippen molar-refractivity contribution in [2.45, 2.75) is 0 Å². The average Bonchev–Trinajstić information content (AvgIpc) is 0. The fourth-order valence-corrected chi connectivity index (χ4v) is 0. The molecule has 0 atom stereocenters. The summed E-state index contributed by atoms with van der Waals surface area (Å²) in [6.07, 6.45) is 0. The molecule has 0 amide bonds. The van der Waals surface area contributed by atoms with Crippen LogP contribution < -0.4 is 0 Å². The molecule has 0 aromatic heterocycles. The van der Waals surface area contributed by atoms with Gasteiger partial charge in [-0.1, -0.05) is 0 Å². The molecule has 0 unspecified atom stereocenters. The van der Waals surface area contributed by atoms with Gasteiger partial charge in [0.05, 0.1) is 0 Å². The van der Waals surface area contributed by atoms with Crippen molar-refractivity contribution in [3.8, 4) is 0 Å². The Morgan fingerprint density at radius 3 is 1.00 bits per heavy atom. The molecule has 0 heterocycles. The van der Waals surface area contributed by atoms with Crippen molar-refractivity contribution in [2.75, 3.05) is 0 Å². The maximum absolute atomic E-state index is 0. The summed E-state index contributed by atoms with van der Waals surface area (Å²) in [5.41, 5.74) is 0. The van der Waals surface area contributed by atoms with E-state index >= 15 is 0 Å². The van der Waals surface area contributed by atoms with Gasteiger partial charge in [0.15, 0.2) is 0 Å². The standard InChI is InChI=1S/Ir.Pt.Ru.Sb.Sn.5H. The molecule has 0 nitrogen and oxygen atoms in total. The van der Waals surface area contributed by atoms with Crippen LogP contribution in [-0.2, 0) is 60.6 Å². The van der Waals surface area contributed by atoms with Crippen molar-refractivity contribution in [3.63, 3.8) is 0 Å². The zero-order valence-corrected chi connectivity index (χ0v) is 16.9. The minimum absolute atomic E-state index is 0.